The third-order valence-corrected chi connectivity index (χ3v) is 3.53. The molecular formula is C9H14NO3P. The summed E-state index contributed by atoms with van der Waals surface area (Å²) in [5.41, 5.74) is 5.23. The van der Waals surface area contributed by atoms with Crippen molar-refractivity contribution in [2.45, 2.75) is 12.6 Å². The van der Waals surface area contributed by atoms with Crippen molar-refractivity contribution in [2.75, 3.05) is 7.11 Å². The van der Waals surface area contributed by atoms with Crippen LogP contribution in [0.15, 0.2) is 24.3 Å². The van der Waals surface area contributed by atoms with Gasteiger partial charge in [-0.05, 0) is 13.0 Å². The fourth-order valence-corrected chi connectivity index (χ4v) is 1.82. The Morgan fingerprint density at radius 3 is 2.57 bits per heavy atom. The van der Waals surface area contributed by atoms with E-state index in [1.807, 2.05) is 0 Å². The maximum atomic E-state index is 11.3. The van der Waals surface area contributed by atoms with Crippen molar-refractivity contribution in [2.24, 2.45) is 5.50 Å². The van der Waals surface area contributed by atoms with E-state index in [2.05, 4.69) is 0 Å². The molecule has 0 fully saturated rings. The fraction of sp³-hybridized carbons (Fsp3) is 0.333. The van der Waals surface area contributed by atoms with Crippen LogP contribution < -0.4 is 10.2 Å². The van der Waals surface area contributed by atoms with Crippen LogP contribution in [-0.2, 0) is 4.57 Å². The smallest absolute Gasteiger partial charge is 0.271 e. The summed E-state index contributed by atoms with van der Waals surface area (Å²) in [7, 11) is -2.08. The molecular weight excluding hydrogens is 201 g/mol. The number of hydrogen-bond donors (Lipinski definition) is 2. The fourth-order valence-electron chi connectivity index (χ4n) is 1.21. The molecule has 78 valence electrons. The first-order valence-corrected chi connectivity index (χ1v) is 6.00. The highest BCUT2D eigenvalue weighted by atomic mass is 31.2. The number of benzene rings is 1. The number of ether oxygens (including phenoxy) is 1. The Hall–Kier alpha value is -0.830. The van der Waals surface area contributed by atoms with E-state index in [1.54, 1.807) is 31.2 Å². The Kier molecular flexibility index (Phi) is 3.32. The van der Waals surface area contributed by atoms with Gasteiger partial charge in [0.1, 0.15) is 5.75 Å². The summed E-state index contributed by atoms with van der Waals surface area (Å²) in [6.07, 6.45) is 0. The summed E-state index contributed by atoms with van der Waals surface area (Å²) in [6, 6.07) is 7.05. The standard InChI is InChI=1S/C9H14NO3P/c1-7(14(10,11)12)8-5-3-4-6-9(8)13-2/h3-7H,1-2H3,(H3,10,11,12). The van der Waals surface area contributed by atoms with Gasteiger partial charge in [-0.15, -0.1) is 0 Å². The van der Waals surface area contributed by atoms with Crippen molar-refractivity contribution in [1.29, 1.82) is 0 Å². The molecule has 0 radical (unpaired) electrons. The van der Waals surface area contributed by atoms with Gasteiger partial charge in [0.05, 0.1) is 12.8 Å². The van der Waals surface area contributed by atoms with Gasteiger partial charge in [-0.25, -0.2) is 0 Å². The van der Waals surface area contributed by atoms with E-state index in [0.717, 1.165) is 0 Å². The molecule has 0 aliphatic heterocycles. The molecule has 2 unspecified atom stereocenters. The monoisotopic (exact) mass is 215 g/mol. The summed E-state index contributed by atoms with van der Waals surface area (Å²) in [4.78, 5) is 9.24. The van der Waals surface area contributed by atoms with Gasteiger partial charge in [0.15, 0.2) is 0 Å². The number of methoxy groups -OCH3 is 1. The van der Waals surface area contributed by atoms with E-state index in [9.17, 15) is 9.46 Å². The second kappa shape index (κ2) is 4.13. The molecule has 0 amide bonds. The number of nitrogens with two attached hydrogens (primary N) is 1. The van der Waals surface area contributed by atoms with Crippen molar-refractivity contribution in [1.82, 2.24) is 0 Å². The Balaban J connectivity index is 3.12. The van der Waals surface area contributed by atoms with Crippen LogP contribution in [0.5, 0.6) is 5.75 Å². The SMILES string of the molecule is COc1ccccc1C(C)P(N)(=O)O. The molecule has 14 heavy (non-hydrogen) atoms. The predicted molar refractivity (Wildman–Crippen MR) is 55.4 cm³/mol. The van der Waals surface area contributed by atoms with Crippen molar-refractivity contribution in [3.05, 3.63) is 29.8 Å². The molecule has 5 heteroatoms. The van der Waals surface area contributed by atoms with Gasteiger partial charge in [-0.2, -0.15) is 0 Å². The van der Waals surface area contributed by atoms with Crippen LogP contribution in [0, 0.1) is 0 Å². The lowest BCUT2D eigenvalue weighted by Gasteiger charge is -2.17. The van der Waals surface area contributed by atoms with E-state index in [4.69, 9.17) is 10.2 Å². The van der Waals surface area contributed by atoms with Gasteiger partial charge in [-0.3, -0.25) is 10.1 Å². The third-order valence-electron chi connectivity index (χ3n) is 2.14. The molecule has 0 aromatic heterocycles. The molecule has 2 atom stereocenters. The average molecular weight is 215 g/mol. The maximum absolute atomic E-state index is 11.3. The Bertz CT molecular complexity index is 361. The zero-order valence-electron chi connectivity index (χ0n) is 8.18. The molecule has 0 spiro atoms. The Labute approximate surface area is 83.2 Å². The van der Waals surface area contributed by atoms with E-state index in [-0.39, 0.29) is 0 Å². The van der Waals surface area contributed by atoms with Crippen molar-refractivity contribution < 1.29 is 14.2 Å². The highest BCUT2D eigenvalue weighted by Gasteiger charge is 2.25. The van der Waals surface area contributed by atoms with E-state index < -0.39 is 13.2 Å². The molecule has 3 N–H and O–H groups in total. The lowest BCUT2D eigenvalue weighted by molar-refractivity contribution is 0.406. The maximum Gasteiger partial charge on any atom is 0.271 e. The van der Waals surface area contributed by atoms with Gasteiger partial charge in [-0.1, -0.05) is 18.2 Å². The second-order valence-electron chi connectivity index (χ2n) is 3.09. The van der Waals surface area contributed by atoms with Crippen LogP contribution in [-0.4, -0.2) is 12.0 Å². The zero-order valence-corrected chi connectivity index (χ0v) is 9.07. The topological polar surface area (TPSA) is 72.5 Å². The van der Waals surface area contributed by atoms with E-state index >= 15 is 0 Å². The second-order valence-corrected chi connectivity index (χ2v) is 5.21. The molecule has 0 saturated heterocycles. The predicted octanol–water partition coefficient (Wildman–Crippen LogP) is 1.90. The molecule has 1 aromatic carbocycles. The van der Waals surface area contributed by atoms with Crippen molar-refractivity contribution in [3.63, 3.8) is 0 Å². The third kappa shape index (κ3) is 2.35. The number of rotatable bonds is 3. The summed E-state index contributed by atoms with van der Waals surface area (Å²) in [5.74, 6) is 0.583. The van der Waals surface area contributed by atoms with Crippen LogP contribution in [0.3, 0.4) is 0 Å². The van der Waals surface area contributed by atoms with Crippen LogP contribution in [0.25, 0.3) is 0 Å². The molecule has 0 saturated carbocycles. The largest absolute Gasteiger partial charge is 0.496 e. The van der Waals surface area contributed by atoms with E-state index in [0.29, 0.717) is 11.3 Å². The molecule has 0 aliphatic carbocycles. The van der Waals surface area contributed by atoms with Gasteiger partial charge in [0, 0.05) is 5.56 Å². The van der Waals surface area contributed by atoms with Crippen LogP contribution in [0.2, 0.25) is 0 Å². The first kappa shape index (κ1) is 11.2. The van der Waals surface area contributed by atoms with Gasteiger partial charge in [0.25, 0.3) is 7.52 Å². The van der Waals surface area contributed by atoms with E-state index in [1.165, 1.54) is 7.11 Å². The van der Waals surface area contributed by atoms with Crippen LogP contribution in [0.1, 0.15) is 18.1 Å². The molecule has 0 heterocycles. The van der Waals surface area contributed by atoms with Gasteiger partial charge >= 0.3 is 0 Å². The Morgan fingerprint density at radius 1 is 1.50 bits per heavy atom. The minimum absolute atomic E-state index is 0.583. The van der Waals surface area contributed by atoms with Crippen molar-refractivity contribution in [3.8, 4) is 5.75 Å². The normalized spacial score (nSPS) is 17.1. The first-order valence-electron chi connectivity index (χ1n) is 4.20. The Morgan fingerprint density at radius 2 is 2.07 bits per heavy atom. The number of para-hydroxylation sites is 1. The van der Waals surface area contributed by atoms with Gasteiger partial charge in [0.2, 0.25) is 0 Å². The molecule has 1 rings (SSSR count). The summed E-state index contributed by atoms with van der Waals surface area (Å²) in [5, 5.41) is 0. The van der Waals surface area contributed by atoms with Crippen LogP contribution >= 0.6 is 7.52 Å². The highest BCUT2D eigenvalue weighted by Crippen LogP contribution is 2.50. The van der Waals surface area contributed by atoms with Gasteiger partial charge < -0.3 is 9.63 Å². The van der Waals surface area contributed by atoms with Crippen LogP contribution in [0.4, 0.5) is 0 Å². The highest BCUT2D eigenvalue weighted by molar-refractivity contribution is 7.55. The summed E-state index contributed by atoms with van der Waals surface area (Å²) < 4.78 is 16.3. The minimum atomic E-state index is -3.60. The average Bonchev–Trinajstić information content (AvgIpc) is 2.15. The van der Waals surface area contributed by atoms with Crippen molar-refractivity contribution >= 4 is 7.52 Å². The number of hydrogen-bond acceptors (Lipinski definition) is 2. The molecule has 0 bridgehead atoms. The first-order chi connectivity index (χ1) is 6.46. The minimum Gasteiger partial charge on any atom is -0.496 e. The summed E-state index contributed by atoms with van der Waals surface area (Å²) >= 11 is 0. The molecule has 4 nitrogen and oxygen atoms in total. The lowest BCUT2D eigenvalue weighted by atomic mass is 10.1. The zero-order chi connectivity index (χ0) is 10.8. The molecule has 0 aliphatic rings. The molecule has 1 aromatic rings. The quantitative estimate of drug-likeness (QED) is 0.755. The summed E-state index contributed by atoms with van der Waals surface area (Å²) in [6.45, 7) is 1.61. The lowest BCUT2D eigenvalue weighted by Crippen LogP contribution is -2.04.